The molecule has 0 spiro atoms. The number of nitrogens with zero attached hydrogens (tertiary/aromatic N) is 1. The number of hydrogen-bond acceptors (Lipinski definition) is 3. The number of nitrogens with two attached hydrogens (primary N) is 1. The molecule has 0 fully saturated rings. The molecule has 0 amide bonds. The van der Waals surface area contributed by atoms with Gasteiger partial charge in [-0.25, -0.2) is 8.42 Å². The van der Waals surface area contributed by atoms with Gasteiger partial charge in [-0.1, -0.05) is 42.3 Å². The molecular weight excluding hydrogens is 307 g/mol. The number of nitrogen functional groups attached to an aromatic ring is 1. The van der Waals surface area contributed by atoms with Crippen molar-refractivity contribution < 1.29 is 8.42 Å². The predicted molar refractivity (Wildman–Crippen MR) is 80.1 cm³/mol. The summed E-state index contributed by atoms with van der Waals surface area (Å²) in [6, 6.07) is 2.73. The Hall–Kier alpha value is -0.750. The number of anilines is 1. The third-order valence-corrected chi connectivity index (χ3v) is 5.10. The molecule has 106 valence electrons. The van der Waals surface area contributed by atoms with E-state index in [4.69, 9.17) is 28.9 Å². The van der Waals surface area contributed by atoms with Gasteiger partial charge in [0.1, 0.15) is 4.90 Å². The Kier molecular flexibility index (Phi) is 5.26. The zero-order chi connectivity index (χ0) is 14.8. The van der Waals surface area contributed by atoms with Crippen LogP contribution < -0.4 is 5.73 Å². The van der Waals surface area contributed by atoms with Crippen LogP contribution in [0.15, 0.2) is 29.2 Å². The number of benzene rings is 1. The first-order valence-electron chi connectivity index (χ1n) is 5.59. The number of sulfonamides is 1. The highest BCUT2D eigenvalue weighted by molar-refractivity contribution is 7.89. The maximum atomic E-state index is 12.5. The highest BCUT2D eigenvalue weighted by Gasteiger charge is 2.28. The second-order valence-electron chi connectivity index (χ2n) is 4.19. The summed E-state index contributed by atoms with van der Waals surface area (Å²) in [5.74, 6) is 0. The molecule has 0 bridgehead atoms. The molecule has 2 N–H and O–H groups in total. The first-order chi connectivity index (χ1) is 8.70. The van der Waals surface area contributed by atoms with Gasteiger partial charge in [-0.15, -0.1) is 0 Å². The Bertz CT molecular complexity index is 577. The SMILES string of the molecule is C=C(C)CN(CC)S(=O)(=O)c1c(N)cc(Cl)cc1Cl. The second-order valence-corrected chi connectivity index (χ2v) is 6.91. The molecule has 1 aromatic carbocycles. The summed E-state index contributed by atoms with van der Waals surface area (Å²) in [5, 5.41) is 0.314. The van der Waals surface area contributed by atoms with Crippen molar-refractivity contribution in [3.8, 4) is 0 Å². The Balaban J connectivity index is 3.38. The van der Waals surface area contributed by atoms with E-state index >= 15 is 0 Å². The van der Waals surface area contributed by atoms with E-state index in [0.29, 0.717) is 11.6 Å². The van der Waals surface area contributed by atoms with Crippen LogP contribution in [0.1, 0.15) is 13.8 Å². The summed E-state index contributed by atoms with van der Waals surface area (Å²) in [4.78, 5) is -0.110. The molecule has 0 saturated heterocycles. The third-order valence-electron chi connectivity index (χ3n) is 2.43. The Morgan fingerprint density at radius 2 is 2.00 bits per heavy atom. The van der Waals surface area contributed by atoms with Crippen molar-refractivity contribution in [2.75, 3.05) is 18.8 Å². The van der Waals surface area contributed by atoms with Crippen molar-refractivity contribution in [2.24, 2.45) is 0 Å². The number of likely N-dealkylation sites (N-methyl/N-ethyl adjacent to an activating group) is 1. The van der Waals surface area contributed by atoms with Crippen molar-refractivity contribution in [3.63, 3.8) is 0 Å². The molecule has 0 unspecified atom stereocenters. The summed E-state index contributed by atoms with van der Waals surface area (Å²) >= 11 is 11.7. The maximum Gasteiger partial charge on any atom is 0.246 e. The average Bonchev–Trinajstić information content (AvgIpc) is 2.23. The van der Waals surface area contributed by atoms with E-state index in [2.05, 4.69) is 6.58 Å². The summed E-state index contributed by atoms with van der Waals surface area (Å²) in [6.45, 7) is 7.73. The monoisotopic (exact) mass is 322 g/mol. The molecule has 0 radical (unpaired) electrons. The molecule has 1 aromatic rings. The lowest BCUT2D eigenvalue weighted by atomic mass is 10.3. The van der Waals surface area contributed by atoms with Crippen LogP contribution in [0.5, 0.6) is 0 Å². The van der Waals surface area contributed by atoms with E-state index in [-0.39, 0.29) is 22.2 Å². The van der Waals surface area contributed by atoms with Crippen LogP contribution in [0.25, 0.3) is 0 Å². The predicted octanol–water partition coefficient (Wildman–Crippen LogP) is 3.16. The van der Waals surface area contributed by atoms with Crippen LogP contribution in [0.4, 0.5) is 5.69 Å². The Morgan fingerprint density at radius 3 is 2.42 bits per heavy atom. The minimum Gasteiger partial charge on any atom is -0.398 e. The minimum absolute atomic E-state index is 0.0187. The minimum atomic E-state index is -3.77. The largest absolute Gasteiger partial charge is 0.398 e. The van der Waals surface area contributed by atoms with Gasteiger partial charge in [-0.2, -0.15) is 4.31 Å². The van der Waals surface area contributed by atoms with Crippen LogP contribution in [0.2, 0.25) is 10.0 Å². The molecule has 0 aliphatic rings. The quantitative estimate of drug-likeness (QED) is 0.669. The topological polar surface area (TPSA) is 63.4 Å². The van der Waals surface area contributed by atoms with Gasteiger partial charge in [-0.05, 0) is 19.1 Å². The fourth-order valence-corrected chi connectivity index (χ4v) is 4.10. The van der Waals surface area contributed by atoms with Crippen LogP contribution in [-0.2, 0) is 10.0 Å². The number of halogens is 2. The van der Waals surface area contributed by atoms with Gasteiger partial charge >= 0.3 is 0 Å². The van der Waals surface area contributed by atoms with Gasteiger partial charge in [0, 0.05) is 18.1 Å². The molecule has 0 heterocycles. The van der Waals surface area contributed by atoms with E-state index in [1.54, 1.807) is 13.8 Å². The van der Waals surface area contributed by atoms with Crippen molar-refractivity contribution in [2.45, 2.75) is 18.7 Å². The van der Waals surface area contributed by atoms with E-state index in [0.717, 1.165) is 5.57 Å². The lowest BCUT2D eigenvalue weighted by Crippen LogP contribution is -2.33. The summed E-state index contributed by atoms with van der Waals surface area (Å²) in [5.41, 5.74) is 6.50. The lowest BCUT2D eigenvalue weighted by Gasteiger charge is -2.22. The first kappa shape index (κ1) is 16.3. The fraction of sp³-hybridized carbons (Fsp3) is 0.333. The van der Waals surface area contributed by atoms with Gasteiger partial charge in [0.25, 0.3) is 0 Å². The van der Waals surface area contributed by atoms with Gasteiger partial charge in [0.05, 0.1) is 10.7 Å². The highest BCUT2D eigenvalue weighted by Crippen LogP contribution is 2.33. The summed E-state index contributed by atoms with van der Waals surface area (Å²) in [7, 11) is -3.77. The molecule has 4 nitrogen and oxygen atoms in total. The standard InChI is InChI=1S/C12H16Cl2N2O2S/c1-4-16(7-8(2)3)19(17,18)12-10(14)5-9(13)6-11(12)15/h5-6H,2,4,7,15H2,1,3H3. The van der Waals surface area contributed by atoms with Crippen LogP contribution >= 0.6 is 23.2 Å². The lowest BCUT2D eigenvalue weighted by molar-refractivity contribution is 0.453. The molecule has 1 rings (SSSR count). The highest BCUT2D eigenvalue weighted by atomic mass is 35.5. The molecule has 0 aliphatic carbocycles. The maximum absolute atomic E-state index is 12.5. The van der Waals surface area contributed by atoms with E-state index in [1.807, 2.05) is 0 Å². The molecule has 19 heavy (non-hydrogen) atoms. The van der Waals surface area contributed by atoms with Crippen molar-refractivity contribution in [3.05, 3.63) is 34.3 Å². The first-order valence-corrected chi connectivity index (χ1v) is 7.78. The smallest absolute Gasteiger partial charge is 0.246 e. The van der Waals surface area contributed by atoms with Crippen molar-refractivity contribution in [1.29, 1.82) is 0 Å². The number of rotatable bonds is 5. The summed E-state index contributed by atoms with van der Waals surface area (Å²) < 4.78 is 26.3. The van der Waals surface area contributed by atoms with Gasteiger partial charge in [0.15, 0.2) is 0 Å². The Morgan fingerprint density at radius 1 is 1.42 bits per heavy atom. The fourth-order valence-electron chi connectivity index (χ4n) is 1.65. The Labute approximate surface area is 123 Å². The van der Waals surface area contributed by atoms with Crippen LogP contribution in [-0.4, -0.2) is 25.8 Å². The van der Waals surface area contributed by atoms with Crippen molar-refractivity contribution >= 4 is 38.9 Å². The van der Waals surface area contributed by atoms with Gasteiger partial charge in [-0.3, -0.25) is 0 Å². The summed E-state index contributed by atoms with van der Waals surface area (Å²) in [6.07, 6.45) is 0. The zero-order valence-corrected chi connectivity index (χ0v) is 13.1. The van der Waals surface area contributed by atoms with Gasteiger partial charge < -0.3 is 5.73 Å². The van der Waals surface area contributed by atoms with Crippen LogP contribution in [0.3, 0.4) is 0 Å². The van der Waals surface area contributed by atoms with Crippen molar-refractivity contribution in [1.82, 2.24) is 4.31 Å². The third kappa shape index (κ3) is 3.63. The van der Waals surface area contributed by atoms with E-state index in [9.17, 15) is 8.42 Å². The van der Waals surface area contributed by atoms with E-state index in [1.165, 1.54) is 16.4 Å². The molecule has 0 atom stereocenters. The molecule has 0 aliphatic heterocycles. The molecular formula is C12H16Cl2N2O2S. The molecule has 0 aromatic heterocycles. The van der Waals surface area contributed by atoms with Gasteiger partial charge in [0.2, 0.25) is 10.0 Å². The zero-order valence-electron chi connectivity index (χ0n) is 10.8. The molecule has 0 saturated carbocycles. The van der Waals surface area contributed by atoms with Crippen LogP contribution in [0, 0.1) is 0 Å². The van der Waals surface area contributed by atoms with E-state index < -0.39 is 10.0 Å². The normalized spacial score (nSPS) is 11.8. The second kappa shape index (κ2) is 6.13. The number of hydrogen-bond donors (Lipinski definition) is 1. The average molecular weight is 323 g/mol. The molecule has 7 heteroatoms.